The van der Waals surface area contributed by atoms with Gasteiger partial charge in [-0.2, -0.15) is 0 Å². The first kappa shape index (κ1) is 63.2. The maximum absolute atomic E-state index is 13.4. The number of carbonyl (C=O) groups is 2. The van der Waals surface area contributed by atoms with E-state index in [1.54, 1.807) is 0 Å². The molecule has 13 atom stereocenters. The zero-order valence-electron chi connectivity index (χ0n) is 41.6. The summed E-state index contributed by atoms with van der Waals surface area (Å²) < 4.78 is 45.5. The predicted octanol–water partition coefficient (Wildman–Crippen LogP) is 6.27. The lowest BCUT2D eigenvalue weighted by molar-refractivity contribution is -0.338. The van der Waals surface area contributed by atoms with E-state index in [0.29, 0.717) is 12.8 Å². The first-order valence-electron chi connectivity index (χ1n) is 26.2. The average molecular weight is 1010 g/mol. The molecule has 0 aromatic carbocycles. The molecular weight excluding hydrogens is 920 g/mol. The monoisotopic (exact) mass is 1010 g/mol. The molecule has 2 fully saturated rings. The van der Waals surface area contributed by atoms with Gasteiger partial charge in [0, 0.05) is 12.8 Å². The molecule has 2 rings (SSSR count). The number of rotatable bonds is 40. The van der Waals surface area contributed by atoms with Crippen LogP contribution in [0.25, 0.3) is 0 Å². The normalized spacial score (nSPS) is 27.7. The van der Waals surface area contributed by atoms with E-state index in [1.165, 1.54) is 70.6 Å². The summed E-state index contributed by atoms with van der Waals surface area (Å²) in [5.41, 5.74) is 0. The highest BCUT2D eigenvalue weighted by molar-refractivity contribution is 7.47. The van der Waals surface area contributed by atoms with Gasteiger partial charge in [0.15, 0.2) is 12.4 Å². The van der Waals surface area contributed by atoms with Crippen LogP contribution in [0.4, 0.5) is 0 Å². The van der Waals surface area contributed by atoms with E-state index in [9.17, 15) is 59.9 Å². The van der Waals surface area contributed by atoms with E-state index in [-0.39, 0.29) is 12.8 Å². The van der Waals surface area contributed by atoms with Crippen molar-refractivity contribution in [3.63, 3.8) is 0 Å². The molecule has 0 amide bonds. The van der Waals surface area contributed by atoms with Crippen LogP contribution in [0.3, 0.4) is 0 Å². The standard InChI is InChI=1S/C50H91O18P/c1-3-5-7-9-11-13-15-17-19-21-22-24-26-28-30-32-39(52)63-35-37(65-40(53)33-31-29-27-25-23-20-18-16-14-12-10-8-6-4-2)36-64-69(61,62)68-49-46(59)44(57)43(56)45(58)48(49)67-50-47(60)42(55)41(54)38(34-51)66-50/h13,15,20,23,37-38,41-51,54-60H,3-12,14,16-19,21-22,24-36H2,1-2H3,(H,61,62). The lowest BCUT2D eigenvalue weighted by Gasteiger charge is -2.47. The average Bonchev–Trinajstić information content (AvgIpc) is 3.33. The van der Waals surface area contributed by atoms with E-state index in [4.69, 9.17) is 28.0 Å². The Hall–Kier alpha value is -1.87. The smallest absolute Gasteiger partial charge is 0.462 e. The predicted molar refractivity (Wildman–Crippen MR) is 258 cm³/mol. The van der Waals surface area contributed by atoms with Crippen LogP contribution in [-0.4, -0.2) is 151 Å². The lowest BCUT2D eigenvalue weighted by Crippen LogP contribution is -2.67. The SMILES string of the molecule is CCCCCCC=CCCCCCCCCCC(=O)OCC(COP(=O)(O)OC1C(O)C(O)C(O)C(O)C1OC1OC(CO)C(O)C(O)C1O)OC(=O)CCCCCC=CCCCCCCCCC. The number of phosphoric acid groups is 1. The molecular formula is C50H91O18P. The van der Waals surface area contributed by atoms with Crippen LogP contribution in [0, 0.1) is 0 Å². The van der Waals surface area contributed by atoms with Crippen LogP contribution >= 0.6 is 7.82 Å². The Morgan fingerprint density at radius 1 is 0.536 bits per heavy atom. The summed E-state index contributed by atoms with van der Waals surface area (Å²) in [5.74, 6) is -1.24. The van der Waals surface area contributed by atoms with Crippen molar-refractivity contribution in [1.82, 2.24) is 0 Å². The molecule has 18 nitrogen and oxygen atoms in total. The minimum absolute atomic E-state index is 0.0125. The summed E-state index contributed by atoms with van der Waals surface area (Å²) in [7, 11) is -5.38. The molecule has 0 aromatic heterocycles. The highest BCUT2D eigenvalue weighted by Gasteiger charge is 2.55. The van der Waals surface area contributed by atoms with Gasteiger partial charge in [-0.3, -0.25) is 18.6 Å². The first-order chi connectivity index (χ1) is 33.2. The van der Waals surface area contributed by atoms with Crippen LogP contribution in [0.5, 0.6) is 0 Å². The second-order valence-electron chi connectivity index (χ2n) is 18.7. The first-order valence-corrected chi connectivity index (χ1v) is 27.7. The third-order valence-corrected chi connectivity index (χ3v) is 13.6. The van der Waals surface area contributed by atoms with Crippen LogP contribution < -0.4 is 0 Å². The van der Waals surface area contributed by atoms with E-state index in [2.05, 4.69) is 38.2 Å². The Morgan fingerprint density at radius 3 is 1.46 bits per heavy atom. The zero-order valence-corrected chi connectivity index (χ0v) is 42.5. The van der Waals surface area contributed by atoms with E-state index in [1.807, 2.05) is 0 Å². The molecule has 13 unspecified atom stereocenters. The van der Waals surface area contributed by atoms with Gasteiger partial charge in [-0.25, -0.2) is 4.57 Å². The number of unbranched alkanes of at least 4 members (excludes halogenated alkanes) is 21. The quantitative estimate of drug-likeness (QED) is 0.0141. The van der Waals surface area contributed by atoms with Crippen molar-refractivity contribution in [2.24, 2.45) is 0 Å². The maximum Gasteiger partial charge on any atom is 0.472 e. The Balaban J connectivity index is 1.94. The largest absolute Gasteiger partial charge is 0.472 e. The summed E-state index contributed by atoms with van der Waals surface area (Å²) in [6.07, 6.45) is 12.6. The molecule has 1 heterocycles. The maximum atomic E-state index is 13.4. The number of ether oxygens (including phenoxy) is 4. The van der Waals surface area contributed by atoms with E-state index >= 15 is 0 Å². The highest BCUT2D eigenvalue weighted by Crippen LogP contribution is 2.48. The number of esters is 2. The van der Waals surface area contributed by atoms with Gasteiger partial charge >= 0.3 is 19.8 Å². The summed E-state index contributed by atoms with van der Waals surface area (Å²) in [6, 6.07) is 0. The Morgan fingerprint density at radius 2 is 0.957 bits per heavy atom. The molecule has 1 saturated carbocycles. The topological polar surface area (TPSA) is 289 Å². The van der Waals surface area contributed by atoms with E-state index < -0.39 is 113 Å². The molecule has 69 heavy (non-hydrogen) atoms. The molecule has 0 bridgehead atoms. The van der Waals surface area contributed by atoms with Crippen LogP contribution in [0.2, 0.25) is 0 Å². The van der Waals surface area contributed by atoms with Crippen molar-refractivity contribution in [3.05, 3.63) is 24.3 Å². The molecule has 1 saturated heterocycles. The van der Waals surface area contributed by atoms with Gasteiger partial charge < -0.3 is 64.7 Å². The summed E-state index contributed by atoms with van der Waals surface area (Å²) in [5, 5.41) is 83.0. The third-order valence-electron chi connectivity index (χ3n) is 12.6. The van der Waals surface area contributed by atoms with Gasteiger partial charge in [0.1, 0.15) is 67.6 Å². The van der Waals surface area contributed by atoms with Gasteiger partial charge in [-0.15, -0.1) is 0 Å². The van der Waals surface area contributed by atoms with Gasteiger partial charge in [-0.05, 0) is 64.2 Å². The number of aliphatic hydroxyl groups is 8. The van der Waals surface area contributed by atoms with E-state index in [0.717, 1.165) is 77.0 Å². The Bertz CT molecular complexity index is 1430. The fourth-order valence-electron chi connectivity index (χ4n) is 8.28. The minimum atomic E-state index is -5.38. The number of carbonyl (C=O) groups excluding carboxylic acids is 2. The van der Waals surface area contributed by atoms with Crippen molar-refractivity contribution in [2.45, 2.75) is 261 Å². The molecule has 19 heteroatoms. The second kappa shape index (κ2) is 37.8. The molecule has 2 aliphatic rings. The molecule has 1 aliphatic carbocycles. The third kappa shape index (κ3) is 26.6. The molecule has 9 N–H and O–H groups in total. The van der Waals surface area contributed by atoms with Gasteiger partial charge in [-0.1, -0.05) is 134 Å². The number of phosphoric ester groups is 1. The fourth-order valence-corrected chi connectivity index (χ4v) is 9.25. The van der Waals surface area contributed by atoms with Crippen LogP contribution in [0.15, 0.2) is 24.3 Å². The molecule has 0 radical (unpaired) electrons. The number of aliphatic hydroxyl groups excluding tert-OH is 8. The van der Waals surface area contributed by atoms with Crippen molar-refractivity contribution >= 4 is 19.8 Å². The molecule has 1 aliphatic heterocycles. The summed E-state index contributed by atoms with van der Waals surface area (Å²) in [6.45, 7) is 2.20. The second-order valence-corrected chi connectivity index (χ2v) is 20.1. The molecule has 0 aromatic rings. The minimum Gasteiger partial charge on any atom is -0.462 e. The number of hydrogen-bond acceptors (Lipinski definition) is 17. The van der Waals surface area contributed by atoms with Gasteiger partial charge in [0.25, 0.3) is 0 Å². The van der Waals surface area contributed by atoms with Crippen molar-refractivity contribution in [3.8, 4) is 0 Å². The van der Waals surface area contributed by atoms with Gasteiger partial charge in [0.05, 0.1) is 13.2 Å². The van der Waals surface area contributed by atoms with Crippen molar-refractivity contribution < 1.29 is 87.9 Å². The highest BCUT2D eigenvalue weighted by atomic mass is 31.2. The molecule has 404 valence electrons. The fraction of sp³-hybridized carbons (Fsp3) is 0.880. The Kier molecular flexibility index (Phi) is 34.7. The van der Waals surface area contributed by atoms with Crippen molar-refractivity contribution in [2.75, 3.05) is 19.8 Å². The van der Waals surface area contributed by atoms with Gasteiger partial charge in [0.2, 0.25) is 0 Å². The summed E-state index contributed by atoms with van der Waals surface area (Å²) in [4.78, 5) is 36.6. The summed E-state index contributed by atoms with van der Waals surface area (Å²) >= 11 is 0. The van der Waals surface area contributed by atoms with Crippen LogP contribution in [-0.2, 0) is 42.1 Å². The number of allylic oxidation sites excluding steroid dienone is 4. The molecule has 0 spiro atoms. The Labute approximate surface area is 411 Å². The zero-order chi connectivity index (χ0) is 50.9. The van der Waals surface area contributed by atoms with Crippen molar-refractivity contribution in [1.29, 1.82) is 0 Å². The van der Waals surface area contributed by atoms with Crippen LogP contribution in [0.1, 0.15) is 187 Å². The lowest BCUT2D eigenvalue weighted by atomic mass is 9.84. The number of hydrogen-bond donors (Lipinski definition) is 9.